The van der Waals surface area contributed by atoms with Crippen molar-refractivity contribution in [2.45, 2.75) is 24.5 Å². The van der Waals surface area contributed by atoms with Crippen LogP contribution in [0.3, 0.4) is 0 Å². The summed E-state index contributed by atoms with van der Waals surface area (Å²) in [6.07, 6.45) is 0.873. The quantitative estimate of drug-likeness (QED) is 0.741. The largest absolute Gasteiger partial charge is 0.496 e. The van der Waals surface area contributed by atoms with Crippen molar-refractivity contribution in [3.05, 3.63) is 29.8 Å². The van der Waals surface area contributed by atoms with E-state index >= 15 is 0 Å². The molecular formula is C15H21NO3. The molecule has 1 aromatic rings. The molecule has 3 rings (SSSR count). The monoisotopic (exact) mass is 263 g/mol. The van der Waals surface area contributed by atoms with Crippen molar-refractivity contribution in [3.63, 3.8) is 0 Å². The maximum atomic E-state index is 11.2. The van der Waals surface area contributed by atoms with E-state index in [1.54, 1.807) is 7.11 Å². The minimum atomic E-state index is -1.21. The highest BCUT2D eigenvalue weighted by Crippen LogP contribution is 2.48. The van der Waals surface area contributed by atoms with Gasteiger partial charge in [-0.3, -0.25) is 0 Å². The number of hydrogen-bond donors (Lipinski definition) is 3. The molecule has 4 atom stereocenters. The fraction of sp³-hybridized carbons (Fsp3) is 0.600. The summed E-state index contributed by atoms with van der Waals surface area (Å²) in [6, 6.07) is 7.47. The predicted molar refractivity (Wildman–Crippen MR) is 72.0 cm³/mol. The zero-order chi connectivity index (χ0) is 13.5. The van der Waals surface area contributed by atoms with Gasteiger partial charge >= 0.3 is 0 Å². The maximum absolute atomic E-state index is 11.2. The Kier molecular flexibility index (Phi) is 3.25. The topological polar surface area (TPSA) is 61.7 Å². The molecule has 1 aliphatic carbocycles. The number of methoxy groups -OCH3 is 1. The molecule has 0 aromatic heterocycles. The molecular weight excluding hydrogens is 242 g/mol. The van der Waals surface area contributed by atoms with E-state index in [0.717, 1.165) is 19.5 Å². The second-order valence-corrected chi connectivity index (χ2v) is 5.64. The first-order valence-corrected chi connectivity index (χ1v) is 6.92. The highest BCUT2D eigenvalue weighted by molar-refractivity contribution is 5.40. The molecule has 3 N–H and O–H groups in total. The molecule has 1 aromatic carbocycles. The molecule has 0 spiro atoms. The van der Waals surface area contributed by atoms with Gasteiger partial charge in [-0.05, 0) is 31.4 Å². The van der Waals surface area contributed by atoms with Crippen LogP contribution < -0.4 is 10.1 Å². The number of aliphatic hydroxyl groups is 2. The lowest BCUT2D eigenvalue weighted by Crippen LogP contribution is -2.52. The minimum Gasteiger partial charge on any atom is -0.496 e. The van der Waals surface area contributed by atoms with E-state index in [2.05, 4.69) is 5.32 Å². The summed E-state index contributed by atoms with van der Waals surface area (Å²) in [4.78, 5) is 0. The summed E-state index contributed by atoms with van der Waals surface area (Å²) in [5.41, 5.74) is -0.498. The number of fused-ring (bicyclic) bond motifs is 1. The fourth-order valence-electron chi connectivity index (χ4n) is 3.75. The van der Waals surface area contributed by atoms with Crippen LogP contribution in [0.4, 0.5) is 0 Å². The highest BCUT2D eigenvalue weighted by Gasteiger charge is 2.53. The lowest BCUT2D eigenvalue weighted by Gasteiger charge is -2.45. The number of para-hydroxylation sites is 1. The van der Waals surface area contributed by atoms with Gasteiger partial charge in [-0.15, -0.1) is 0 Å². The lowest BCUT2D eigenvalue weighted by molar-refractivity contribution is -0.151. The first-order valence-electron chi connectivity index (χ1n) is 6.92. The highest BCUT2D eigenvalue weighted by atomic mass is 16.5. The van der Waals surface area contributed by atoms with Crippen LogP contribution in [0.5, 0.6) is 5.75 Å². The molecule has 1 aliphatic heterocycles. The molecule has 19 heavy (non-hydrogen) atoms. The van der Waals surface area contributed by atoms with E-state index in [0.29, 0.717) is 23.7 Å². The van der Waals surface area contributed by atoms with Crippen LogP contribution in [0.2, 0.25) is 0 Å². The second-order valence-electron chi connectivity index (χ2n) is 5.64. The third kappa shape index (κ3) is 1.86. The smallest absolute Gasteiger partial charge is 0.125 e. The van der Waals surface area contributed by atoms with Gasteiger partial charge < -0.3 is 20.3 Å². The average molecular weight is 263 g/mol. The number of benzene rings is 1. The Labute approximate surface area is 113 Å². The van der Waals surface area contributed by atoms with Crippen molar-refractivity contribution < 1.29 is 14.9 Å². The van der Waals surface area contributed by atoms with Gasteiger partial charge in [0.2, 0.25) is 0 Å². The van der Waals surface area contributed by atoms with Crippen LogP contribution in [0.25, 0.3) is 0 Å². The molecule has 1 heterocycles. The number of hydrogen-bond acceptors (Lipinski definition) is 4. The lowest BCUT2D eigenvalue weighted by atomic mass is 9.66. The van der Waals surface area contributed by atoms with E-state index in [4.69, 9.17) is 4.74 Å². The third-order valence-electron chi connectivity index (χ3n) is 4.76. The Balaban J connectivity index is 2.07. The summed E-state index contributed by atoms with van der Waals surface area (Å²) in [7, 11) is 1.60. The number of nitrogens with one attached hydrogen (secondary N) is 1. The number of rotatable bonds is 2. The summed E-state index contributed by atoms with van der Waals surface area (Å²) < 4.78 is 5.37. The van der Waals surface area contributed by atoms with Gasteiger partial charge in [0.15, 0.2) is 0 Å². The Morgan fingerprint density at radius 3 is 2.84 bits per heavy atom. The van der Waals surface area contributed by atoms with E-state index in [1.807, 2.05) is 24.3 Å². The molecule has 0 amide bonds. The van der Waals surface area contributed by atoms with Crippen LogP contribution in [0, 0.1) is 11.8 Å². The fourth-order valence-corrected chi connectivity index (χ4v) is 3.75. The molecule has 1 saturated carbocycles. The van der Waals surface area contributed by atoms with Crippen molar-refractivity contribution in [2.24, 2.45) is 11.8 Å². The Hall–Kier alpha value is -1.10. The number of ether oxygens (including phenoxy) is 1. The first kappa shape index (κ1) is 12.9. The molecule has 4 unspecified atom stereocenters. The first-order chi connectivity index (χ1) is 9.17. The van der Waals surface area contributed by atoms with Crippen LogP contribution in [0.1, 0.15) is 18.4 Å². The Morgan fingerprint density at radius 2 is 2.05 bits per heavy atom. The minimum absolute atomic E-state index is 0.0487. The molecule has 2 aliphatic rings. The average Bonchev–Trinajstić information content (AvgIpc) is 2.92. The van der Waals surface area contributed by atoms with Gasteiger partial charge in [0.1, 0.15) is 11.4 Å². The van der Waals surface area contributed by atoms with Crippen LogP contribution in [0.15, 0.2) is 24.3 Å². The normalized spacial score (nSPS) is 37.9. The summed E-state index contributed by atoms with van der Waals surface area (Å²) >= 11 is 0. The molecule has 4 nitrogen and oxygen atoms in total. The summed E-state index contributed by atoms with van der Waals surface area (Å²) in [5, 5.41) is 25.0. The zero-order valence-electron chi connectivity index (χ0n) is 11.2. The van der Waals surface area contributed by atoms with Gasteiger partial charge in [0, 0.05) is 18.0 Å². The van der Waals surface area contributed by atoms with Gasteiger partial charge in [0.05, 0.1) is 13.2 Å². The van der Waals surface area contributed by atoms with E-state index < -0.39 is 11.7 Å². The molecule has 0 radical (unpaired) electrons. The van der Waals surface area contributed by atoms with E-state index in [1.165, 1.54) is 0 Å². The van der Waals surface area contributed by atoms with Crippen LogP contribution in [-0.4, -0.2) is 36.5 Å². The van der Waals surface area contributed by atoms with Crippen molar-refractivity contribution in [1.29, 1.82) is 0 Å². The van der Waals surface area contributed by atoms with Crippen molar-refractivity contribution in [2.75, 3.05) is 20.2 Å². The molecule has 0 bridgehead atoms. The van der Waals surface area contributed by atoms with Gasteiger partial charge in [-0.2, -0.15) is 0 Å². The molecule has 1 saturated heterocycles. The van der Waals surface area contributed by atoms with Gasteiger partial charge in [0.25, 0.3) is 0 Å². The maximum Gasteiger partial charge on any atom is 0.125 e. The van der Waals surface area contributed by atoms with Gasteiger partial charge in [-0.25, -0.2) is 0 Å². The van der Waals surface area contributed by atoms with Crippen molar-refractivity contribution in [3.8, 4) is 5.75 Å². The van der Waals surface area contributed by atoms with Gasteiger partial charge in [-0.1, -0.05) is 18.2 Å². The van der Waals surface area contributed by atoms with E-state index in [-0.39, 0.29) is 5.92 Å². The standard InChI is InChI=1S/C15H21NO3/c1-19-13-5-3-2-4-11(13)15(18)12-9-16-8-10(12)6-7-14(15)17/h2-5,10,12,14,16-18H,6-9H2,1H3. The third-order valence-corrected chi connectivity index (χ3v) is 4.76. The Morgan fingerprint density at radius 1 is 1.26 bits per heavy atom. The molecule has 104 valence electrons. The van der Waals surface area contributed by atoms with Crippen LogP contribution in [-0.2, 0) is 5.60 Å². The molecule has 4 heteroatoms. The Bertz CT molecular complexity index is 464. The van der Waals surface area contributed by atoms with Crippen LogP contribution >= 0.6 is 0 Å². The summed E-state index contributed by atoms with van der Waals surface area (Å²) in [6.45, 7) is 1.67. The summed E-state index contributed by atoms with van der Waals surface area (Å²) in [5.74, 6) is 1.13. The molecule has 2 fully saturated rings. The number of aliphatic hydroxyl groups excluding tert-OH is 1. The predicted octanol–water partition coefficient (Wildman–Crippen LogP) is 0.873. The van der Waals surface area contributed by atoms with Crippen molar-refractivity contribution in [1.82, 2.24) is 5.32 Å². The second kappa shape index (κ2) is 4.78. The van der Waals surface area contributed by atoms with Crippen molar-refractivity contribution >= 4 is 0 Å². The SMILES string of the molecule is COc1ccccc1C1(O)C(O)CCC2CNCC21. The van der Waals surface area contributed by atoms with E-state index in [9.17, 15) is 10.2 Å². The zero-order valence-corrected chi connectivity index (χ0v) is 11.2.